The molecule has 228 valence electrons. The zero-order valence-electron chi connectivity index (χ0n) is 26.1. The highest BCUT2D eigenvalue weighted by Crippen LogP contribution is 2.46. The number of para-hydroxylation sites is 3. The van der Waals surface area contributed by atoms with Crippen LogP contribution in [0.1, 0.15) is 0 Å². The summed E-state index contributed by atoms with van der Waals surface area (Å²) < 4.78 is 15.4. The predicted octanol–water partition coefficient (Wildman–Crippen LogP) is 11.9. The molecule has 0 unspecified atom stereocenters. The van der Waals surface area contributed by atoms with Gasteiger partial charge < -0.3 is 8.83 Å². The second-order valence-corrected chi connectivity index (χ2v) is 12.5. The first kappa shape index (κ1) is 26.4. The molecule has 5 nitrogen and oxygen atoms in total. The van der Waals surface area contributed by atoms with Gasteiger partial charge in [-0.2, -0.15) is 4.98 Å². The van der Waals surface area contributed by atoms with Gasteiger partial charge in [-0.3, -0.25) is 4.57 Å². The Morgan fingerprint density at radius 1 is 0.408 bits per heavy atom. The number of fused-ring (bicyclic) bond motifs is 13. The van der Waals surface area contributed by atoms with E-state index in [-0.39, 0.29) is 0 Å². The Balaban J connectivity index is 1.29. The molecular weight excluding hydrogens is 603 g/mol. The third-order valence-corrected chi connectivity index (χ3v) is 9.84. The summed E-state index contributed by atoms with van der Waals surface area (Å²) in [5.41, 5.74) is 9.03. The Hall–Kier alpha value is -6.72. The molecule has 11 aromatic rings. The van der Waals surface area contributed by atoms with Gasteiger partial charge >= 0.3 is 0 Å². The van der Waals surface area contributed by atoms with Crippen LogP contribution in [0.4, 0.5) is 0 Å². The van der Waals surface area contributed by atoms with E-state index >= 15 is 0 Å². The highest BCUT2D eigenvalue weighted by atomic mass is 16.3. The highest BCUT2D eigenvalue weighted by molar-refractivity contribution is 6.35. The summed E-state index contributed by atoms with van der Waals surface area (Å²) in [6.45, 7) is 0. The van der Waals surface area contributed by atoms with Crippen molar-refractivity contribution in [3.05, 3.63) is 152 Å². The molecule has 5 heteroatoms. The van der Waals surface area contributed by atoms with Crippen LogP contribution in [0.3, 0.4) is 0 Å². The molecule has 0 fully saturated rings. The third-order valence-electron chi connectivity index (χ3n) is 9.84. The second-order valence-electron chi connectivity index (χ2n) is 12.5. The molecule has 0 saturated carbocycles. The Kier molecular flexibility index (Phi) is 5.32. The summed E-state index contributed by atoms with van der Waals surface area (Å²) in [4.78, 5) is 10.6. The molecule has 0 bridgehead atoms. The van der Waals surface area contributed by atoms with Crippen molar-refractivity contribution in [2.45, 2.75) is 0 Å². The first-order valence-electron chi connectivity index (χ1n) is 16.4. The van der Waals surface area contributed by atoms with Gasteiger partial charge in [0.15, 0.2) is 5.58 Å². The molecular formula is C44H25N3O2. The Morgan fingerprint density at radius 3 is 1.71 bits per heavy atom. The third kappa shape index (κ3) is 3.70. The van der Waals surface area contributed by atoms with E-state index in [0.29, 0.717) is 11.7 Å². The molecule has 7 aromatic carbocycles. The van der Waals surface area contributed by atoms with Crippen LogP contribution in [0.25, 0.3) is 105 Å². The number of aromatic nitrogens is 3. The molecule has 0 N–H and O–H groups in total. The van der Waals surface area contributed by atoms with Crippen LogP contribution < -0.4 is 0 Å². The summed E-state index contributed by atoms with van der Waals surface area (Å²) >= 11 is 0. The molecule has 0 atom stereocenters. The van der Waals surface area contributed by atoms with Crippen molar-refractivity contribution < 1.29 is 8.83 Å². The van der Waals surface area contributed by atoms with Gasteiger partial charge in [0, 0.05) is 32.5 Å². The molecule has 0 spiro atoms. The fourth-order valence-electron chi connectivity index (χ4n) is 7.71. The zero-order chi connectivity index (χ0) is 32.1. The number of nitrogens with zero attached hydrogens (tertiary/aromatic N) is 3. The average molecular weight is 628 g/mol. The molecule has 4 aromatic heterocycles. The SMILES string of the molecule is c1ccc(-c2ccc(-c3nc(-n4c5ccccc5c5c6ccccc6c6c7ccccc7oc6c54)nc4oc5ccccc5c34)cc2)cc1. The lowest BCUT2D eigenvalue weighted by atomic mass is 9.99. The first-order chi connectivity index (χ1) is 24.3. The standard InChI is InChI=1S/C44H25N3O2/c1-2-12-26(13-3-1)27-22-24-28(25-23-27)40-39-33-18-8-11-21-36(33)49-43(39)46-44(45-40)47-34-19-9-6-16-31(34)37-29-14-4-5-15-30(29)38-32-17-7-10-20-35(32)48-42(38)41(37)47/h1-25H. The van der Waals surface area contributed by atoms with E-state index in [0.717, 1.165) is 87.7 Å². The lowest BCUT2D eigenvalue weighted by Gasteiger charge is -2.11. The van der Waals surface area contributed by atoms with Crippen LogP contribution in [0.5, 0.6) is 0 Å². The van der Waals surface area contributed by atoms with Gasteiger partial charge in [0.1, 0.15) is 16.7 Å². The quantitative estimate of drug-likeness (QED) is 0.196. The van der Waals surface area contributed by atoms with E-state index in [4.69, 9.17) is 18.8 Å². The van der Waals surface area contributed by atoms with Gasteiger partial charge in [-0.25, -0.2) is 4.98 Å². The Morgan fingerprint density at radius 2 is 0.959 bits per heavy atom. The van der Waals surface area contributed by atoms with Crippen molar-refractivity contribution in [2.75, 3.05) is 0 Å². The van der Waals surface area contributed by atoms with E-state index in [1.165, 1.54) is 5.56 Å². The van der Waals surface area contributed by atoms with Crippen LogP contribution in [0.15, 0.2) is 160 Å². The molecule has 49 heavy (non-hydrogen) atoms. The van der Waals surface area contributed by atoms with E-state index in [1.54, 1.807) is 0 Å². The Bertz CT molecular complexity index is 3090. The maximum Gasteiger partial charge on any atom is 0.238 e. The monoisotopic (exact) mass is 627 g/mol. The maximum atomic E-state index is 6.77. The molecule has 0 aliphatic carbocycles. The van der Waals surface area contributed by atoms with Gasteiger partial charge in [0.25, 0.3) is 0 Å². The average Bonchev–Trinajstić information content (AvgIpc) is 3.85. The van der Waals surface area contributed by atoms with Gasteiger partial charge in [-0.05, 0) is 40.1 Å². The minimum absolute atomic E-state index is 0.525. The zero-order valence-corrected chi connectivity index (χ0v) is 26.1. The minimum Gasteiger partial charge on any atom is -0.454 e. The summed E-state index contributed by atoms with van der Waals surface area (Å²) in [6, 6.07) is 52.5. The Labute approximate surface area is 279 Å². The van der Waals surface area contributed by atoms with E-state index in [2.05, 4.69) is 120 Å². The fourth-order valence-corrected chi connectivity index (χ4v) is 7.71. The van der Waals surface area contributed by atoms with Gasteiger partial charge in [-0.15, -0.1) is 0 Å². The van der Waals surface area contributed by atoms with Gasteiger partial charge in [0.2, 0.25) is 11.7 Å². The van der Waals surface area contributed by atoms with Crippen LogP contribution in [0.2, 0.25) is 0 Å². The van der Waals surface area contributed by atoms with Crippen molar-refractivity contribution >= 4 is 76.6 Å². The van der Waals surface area contributed by atoms with Gasteiger partial charge in [0.05, 0.1) is 16.6 Å². The number of hydrogen-bond donors (Lipinski definition) is 0. The maximum absolute atomic E-state index is 6.77. The topological polar surface area (TPSA) is 57.0 Å². The van der Waals surface area contributed by atoms with Crippen LogP contribution >= 0.6 is 0 Å². The van der Waals surface area contributed by atoms with Crippen molar-refractivity contribution in [3.8, 4) is 28.3 Å². The minimum atomic E-state index is 0.525. The van der Waals surface area contributed by atoms with E-state index < -0.39 is 0 Å². The fraction of sp³-hybridized carbons (Fsp3) is 0. The summed E-state index contributed by atoms with van der Waals surface area (Å²) in [5.74, 6) is 0.525. The molecule has 0 saturated heterocycles. The van der Waals surface area contributed by atoms with Crippen LogP contribution in [-0.4, -0.2) is 14.5 Å². The molecule has 0 radical (unpaired) electrons. The smallest absolute Gasteiger partial charge is 0.238 e. The highest BCUT2D eigenvalue weighted by Gasteiger charge is 2.25. The first-order valence-corrected chi connectivity index (χ1v) is 16.4. The van der Waals surface area contributed by atoms with Crippen molar-refractivity contribution in [1.29, 1.82) is 0 Å². The van der Waals surface area contributed by atoms with Crippen LogP contribution in [0, 0.1) is 0 Å². The normalized spacial score (nSPS) is 12.1. The van der Waals surface area contributed by atoms with Crippen LogP contribution in [-0.2, 0) is 0 Å². The van der Waals surface area contributed by atoms with Crippen molar-refractivity contribution in [1.82, 2.24) is 14.5 Å². The number of furan rings is 2. The molecule has 4 heterocycles. The summed E-state index contributed by atoms with van der Waals surface area (Å²) in [5, 5.41) is 8.59. The summed E-state index contributed by atoms with van der Waals surface area (Å²) in [7, 11) is 0. The number of rotatable bonds is 3. The largest absolute Gasteiger partial charge is 0.454 e. The molecule has 0 aliphatic heterocycles. The van der Waals surface area contributed by atoms with E-state index in [9.17, 15) is 0 Å². The molecule has 0 amide bonds. The second kappa shape index (κ2) is 9.89. The predicted molar refractivity (Wildman–Crippen MR) is 199 cm³/mol. The van der Waals surface area contributed by atoms with Crippen molar-refractivity contribution in [2.24, 2.45) is 0 Å². The lowest BCUT2D eigenvalue weighted by Crippen LogP contribution is -2.03. The van der Waals surface area contributed by atoms with E-state index in [1.807, 2.05) is 36.4 Å². The van der Waals surface area contributed by atoms with Gasteiger partial charge in [-0.1, -0.05) is 133 Å². The summed E-state index contributed by atoms with van der Waals surface area (Å²) in [6.07, 6.45) is 0. The lowest BCUT2D eigenvalue weighted by molar-refractivity contribution is 0.651. The van der Waals surface area contributed by atoms with Crippen molar-refractivity contribution in [3.63, 3.8) is 0 Å². The molecule has 0 aliphatic rings. The molecule has 11 rings (SSSR count). The number of hydrogen-bond acceptors (Lipinski definition) is 4. The number of benzene rings is 7.